The fourth-order valence-electron chi connectivity index (χ4n) is 0.898. The fourth-order valence-corrected chi connectivity index (χ4v) is 1.21. The average Bonchev–Trinajstić information content (AvgIpc) is 2.26. The third-order valence-corrected chi connectivity index (χ3v) is 2.42. The van der Waals surface area contributed by atoms with Gasteiger partial charge in [0.15, 0.2) is 5.16 Å². The molecule has 0 aliphatic heterocycles. The molecule has 2 N–H and O–H groups in total. The molecule has 0 spiro atoms. The van der Waals surface area contributed by atoms with Crippen molar-refractivity contribution >= 4 is 17.7 Å². The largest absolute Gasteiger partial charge is 0.480 e. The number of nitrogens with one attached hydrogen (secondary N) is 1. The van der Waals surface area contributed by atoms with Crippen LogP contribution in [0.2, 0.25) is 0 Å². The maximum atomic E-state index is 10.5. The van der Waals surface area contributed by atoms with Crippen LogP contribution < -0.4 is 5.32 Å². The van der Waals surface area contributed by atoms with Crippen LogP contribution >= 0.6 is 11.8 Å². The number of nitrogens with zero attached hydrogens (tertiary/aromatic N) is 2. The van der Waals surface area contributed by atoms with E-state index in [1.807, 2.05) is 6.26 Å². The minimum absolute atomic E-state index is 0.460. The van der Waals surface area contributed by atoms with Crippen LogP contribution in [0.15, 0.2) is 17.6 Å². The Labute approximate surface area is 92.3 Å². The highest BCUT2D eigenvalue weighted by Crippen LogP contribution is 2.06. The third-order valence-electron chi connectivity index (χ3n) is 1.85. The van der Waals surface area contributed by atoms with Crippen LogP contribution in [0.5, 0.6) is 0 Å². The molecule has 1 aromatic heterocycles. The molecular formula is C9H13N3O2S. The van der Waals surface area contributed by atoms with Gasteiger partial charge in [-0.1, -0.05) is 11.8 Å². The Morgan fingerprint density at radius 3 is 2.67 bits per heavy atom. The minimum atomic E-state index is -0.864. The lowest BCUT2D eigenvalue weighted by Gasteiger charge is -2.08. The average molecular weight is 227 g/mol. The first kappa shape index (κ1) is 11.9. The van der Waals surface area contributed by atoms with Crippen molar-refractivity contribution in [2.45, 2.75) is 24.7 Å². The van der Waals surface area contributed by atoms with Crippen molar-refractivity contribution in [1.29, 1.82) is 0 Å². The smallest absolute Gasteiger partial charge is 0.320 e. The van der Waals surface area contributed by atoms with Crippen LogP contribution in [-0.2, 0) is 11.3 Å². The molecule has 0 aromatic carbocycles. The van der Waals surface area contributed by atoms with Gasteiger partial charge in [-0.05, 0) is 13.2 Å². The molecule has 0 saturated carbocycles. The lowest BCUT2D eigenvalue weighted by atomic mass is 10.3. The number of aromatic nitrogens is 2. The van der Waals surface area contributed by atoms with Crippen molar-refractivity contribution in [3.8, 4) is 0 Å². The molecule has 0 radical (unpaired) electrons. The molecule has 15 heavy (non-hydrogen) atoms. The maximum Gasteiger partial charge on any atom is 0.320 e. The summed E-state index contributed by atoms with van der Waals surface area (Å²) in [4.78, 5) is 18.7. The van der Waals surface area contributed by atoms with E-state index in [9.17, 15) is 4.79 Å². The highest BCUT2D eigenvalue weighted by molar-refractivity contribution is 7.98. The second kappa shape index (κ2) is 5.67. The highest BCUT2D eigenvalue weighted by atomic mass is 32.2. The van der Waals surface area contributed by atoms with Gasteiger partial charge in [-0.3, -0.25) is 4.79 Å². The molecule has 0 bridgehead atoms. The van der Waals surface area contributed by atoms with Crippen LogP contribution in [0.4, 0.5) is 0 Å². The molecule has 0 amide bonds. The molecular weight excluding hydrogens is 214 g/mol. The zero-order chi connectivity index (χ0) is 11.3. The Morgan fingerprint density at radius 1 is 1.60 bits per heavy atom. The van der Waals surface area contributed by atoms with Crippen LogP contribution in [-0.4, -0.2) is 33.3 Å². The van der Waals surface area contributed by atoms with E-state index >= 15 is 0 Å². The van der Waals surface area contributed by atoms with Gasteiger partial charge in [-0.15, -0.1) is 0 Å². The lowest BCUT2D eigenvalue weighted by molar-refractivity contribution is -0.139. The van der Waals surface area contributed by atoms with Crippen molar-refractivity contribution < 1.29 is 9.90 Å². The summed E-state index contributed by atoms with van der Waals surface area (Å²) >= 11 is 1.47. The minimum Gasteiger partial charge on any atom is -0.480 e. The number of thioether (sulfide) groups is 1. The predicted molar refractivity (Wildman–Crippen MR) is 57.8 cm³/mol. The Bertz CT molecular complexity index is 329. The molecule has 1 atom stereocenters. The number of aliphatic carboxylic acids is 1. The zero-order valence-electron chi connectivity index (χ0n) is 8.60. The maximum absolute atomic E-state index is 10.5. The second-order valence-corrected chi connectivity index (χ2v) is 3.79. The van der Waals surface area contributed by atoms with Crippen LogP contribution in [0.1, 0.15) is 12.5 Å². The summed E-state index contributed by atoms with van der Waals surface area (Å²) < 4.78 is 0. The Morgan fingerprint density at radius 2 is 2.20 bits per heavy atom. The van der Waals surface area contributed by atoms with Crippen molar-refractivity contribution in [2.75, 3.05) is 6.26 Å². The first-order chi connectivity index (χ1) is 7.13. The van der Waals surface area contributed by atoms with E-state index < -0.39 is 12.0 Å². The van der Waals surface area contributed by atoms with Gasteiger partial charge in [0.05, 0.1) is 0 Å². The molecule has 0 saturated heterocycles. The lowest BCUT2D eigenvalue weighted by Crippen LogP contribution is -2.33. The Hall–Kier alpha value is -1.14. The van der Waals surface area contributed by atoms with E-state index in [0.29, 0.717) is 11.7 Å². The Kier molecular flexibility index (Phi) is 4.51. The topological polar surface area (TPSA) is 75.1 Å². The predicted octanol–water partition coefficient (Wildman–Crippen LogP) is 0.761. The molecule has 1 rings (SSSR count). The molecule has 0 aliphatic carbocycles. The molecule has 0 fully saturated rings. The van der Waals surface area contributed by atoms with Gasteiger partial charge in [0.1, 0.15) is 6.04 Å². The third kappa shape index (κ3) is 3.85. The van der Waals surface area contributed by atoms with E-state index in [1.165, 1.54) is 11.8 Å². The summed E-state index contributed by atoms with van der Waals surface area (Å²) in [5.74, 6) is -0.864. The van der Waals surface area contributed by atoms with Crippen LogP contribution in [0.3, 0.4) is 0 Å². The van der Waals surface area contributed by atoms with Crippen molar-refractivity contribution in [2.24, 2.45) is 0 Å². The van der Waals surface area contributed by atoms with Crippen molar-refractivity contribution in [3.63, 3.8) is 0 Å². The standard InChI is InChI=1S/C9H13N3O2S/c1-6(8(13)14)10-3-7-4-11-9(15-2)12-5-7/h4-6,10H,3H2,1-2H3,(H,13,14)/t6-/m1/s1. The van der Waals surface area contributed by atoms with E-state index in [-0.39, 0.29) is 0 Å². The first-order valence-electron chi connectivity index (χ1n) is 4.44. The Balaban J connectivity index is 2.47. The highest BCUT2D eigenvalue weighted by Gasteiger charge is 2.09. The number of rotatable bonds is 5. The number of carboxylic acid groups (broad SMARTS) is 1. The van der Waals surface area contributed by atoms with Gasteiger partial charge in [0.25, 0.3) is 0 Å². The molecule has 1 aromatic rings. The summed E-state index contributed by atoms with van der Waals surface area (Å²) in [6, 6.07) is -0.565. The van der Waals surface area contributed by atoms with Gasteiger partial charge in [0, 0.05) is 24.5 Å². The summed E-state index contributed by atoms with van der Waals surface area (Å²) in [5, 5.41) is 12.2. The molecule has 0 unspecified atom stereocenters. The van der Waals surface area contributed by atoms with E-state index in [0.717, 1.165) is 5.56 Å². The second-order valence-electron chi connectivity index (χ2n) is 3.02. The van der Waals surface area contributed by atoms with Gasteiger partial charge in [-0.25, -0.2) is 9.97 Å². The quantitative estimate of drug-likeness (QED) is 0.571. The van der Waals surface area contributed by atoms with E-state index in [2.05, 4.69) is 15.3 Å². The number of hydrogen-bond donors (Lipinski definition) is 2. The van der Waals surface area contributed by atoms with E-state index in [4.69, 9.17) is 5.11 Å². The van der Waals surface area contributed by atoms with Crippen LogP contribution in [0.25, 0.3) is 0 Å². The molecule has 82 valence electrons. The SMILES string of the molecule is CSc1ncc(CN[C@H](C)C(=O)O)cn1. The molecule has 0 aliphatic rings. The van der Waals surface area contributed by atoms with Gasteiger partial charge in [0.2, 0.25) is 0 Å². The number of hydrogen-bond acceptors (Lipinski definition) is 5. The normalized spacial score (nSPS) is 12.4. The van der Waals surface area contributed by atoms with Crippen LogP contribution in [0, 0.1) is 0 Å². The first-order valence-corrected chi connectivity index (χ1v) is 5.67. The van der Waals surface area contributed by atoms with Crippen molar-refractivity contribution in [3.05, 3.63) is 18.0 Å². The molecule has 1 heterocycles. The summed E-state index contributed by atoms with van der Waals surface area (Å²) in [6.07, 6.45) is 5.29. The molecule has 6 heteroatoms. The molecule has 5 nitrogen and oxygen atoms in total. The monoisotopic (exact) mass is 227 g/mol. The summed E-state index contributed by atoms with van der Waals surface area (Å²) in [5.41, 5.74) is 0.876. The number of carbonyl (C=O) groups is 1. The van der Waals surface area contributed by atoms with Crippen molar-refractivity contribution in [1.82, 2.24) is 15.3 Å². The van der Waals surface area contributed by atoms with Gasteiger partial charge in [-0.2, -0.15) is 0 Å². The van der Waals surface area contributed by atoms with E-state index in [1.54, 1.807) is 19.3 Å². The van der Waals surface area contributed by atoms with Gasteiger partial charge >= 0.3 is 5.97 Å². The fraction of sp³-hybridized carbons (Fsp3) is 0.444. The van der Waals surface area contributed by atoms with Gasteiger partial charge < -0.3 is 10.4 Å². The number of carboxylic acids is 1. The zero-order valence-corrected chi connectivity index (χ0v) is 9.41. The summed E-state index contributed by atoms with van der Waals surface area (Å²) in [7, 11) is 0. The summed E-state index contributed by atoms with van der Waals surface area (Å²) in [6.45, 7) is 2.06.